The maximum atomic E-state index is 9.17. The van der Waals surface area contributed by atoms with Crippen LogP contribution in [0.3, 0.4) is 0 Å². The lowest BCUT2D eigenvalue weighted by Crippen LogP contribution is -2.44. The molecule has 7 heteroatoms. The Morgan fingerprint density at radius 2 is 2.23 bits per heavy atom. The summed E-state index contributed by atoms with van der Waals surface area (Å²) in [5.41, 5.74) is 1.06. The van der Waals surface area contributed by atoms with Crippen LogP contribution in [0.1, 0.15) is 41.8 Å². The number of hydrogen-bond acceptors (Lipinski definition) is 4. The molecule has 0 aliphatic heterocycles. The minimum absolute atomic E-state index is 0. The van der Waals surface area contributed by atoms with Gasteiger partial charge in [0.15, 0.2) is 5.96 Å². The molecule has 1 aromatic rings. The van der Waals surface area contributed by atoms with Crippen LogP contribution in [0, 0.1) is 31.1 Å². The molecule has 0 saturated heterocycles. The number of rotatable bonds is 4. The van der Waals surface area contributed by atoms with Crippen LogP contribution in [0.2, 0.25) is 0 Å². The van der Waals surface area contributed by atoms with Crippen LogP contribution in [0.25, 0.3) is 0 Å². The van der Waals surface area contributed by atoms with Crippen molar-refractivity contribution in [1.82, 2.24) is 15.6 Å². The van der Waals surface area contributed by atoms with Crippen molar-refractivity contribution in [1.29, 1.82) is 5.26 Å². The first kappa shape index (κ1) is 19.2. The van der Waals surface area contributed by atoms with Gasteiger partial charge in [0.2, 0.25) is 0 Å². The highest BCUT2D eigenvalue weighted by atomic mass is 127. The summed E-state index contributed by atoms with van der Waals surface area (Å²) in [7, 11) is 0. The molecule has 1 aliphatic carbocycles. The Kier molecular flexibility index (Phi) is 8.10. The van der Waals surface area contributed by atoms with Crippen molar-refractivity contribution >= 4 is 41.3 Å². The van der Waals surface area contributed by atoms with E-state index in [4.69, 9.17) is 5.26 Å². The van der Waals surface area contributed by atoms with Gasteiger partial charge in [0, 0.05) is 17.5 Å². The van der Waals surface area contributed by atoms with Crippen molar-refractivity contribution in [3.05, 3.63) is 15.6 Å². The predicted octanol–water partition coefficient (Wildman–Crippen LogP) is 3.13. The Bertz CT molecular complexity index is 549. The van der Waals surface area contributed by atoms with E-state index in [2.05, 4.69) is 33.6 Å². The van der Waals surface area contributed by atoms with E-state index in [1.54, 1.807) is 11.3 Å². The Morgan fingerprint density at radius 3 is 2.82 bits per heavy atom. The highest BCUT2D eigenvalue weighted by Gasteiger charge is 2.27. The number of thiazole rings is 1. The molecule has 5 nitrogen and oxygen atoms in total. The maximum absolute atomic E-state index is 9.17. The van der Waals surface area contributed by atoms with E-state index >= 15 is 0 Å². The average Bonchev–Trinajstić information content (AvgIpc) is 3.02. The molecular weight excluding hydrogens is 409 g/mol. The first-order valence-corrected chi connectivity index (χ1v) is 8.33. The zero-order valence-electron chi connectivity index (χ0n) is 13.3. The van der Waals surface area contributed by atoms with Crippen LogP contribution >= 0.6 is 35.3 Å². The fourth-order valence-electron chi connectivity index (χ4n) is 2.65. The quantitative estimate of drug-likeness (QED) is 0.435. The van der Waals surface area contributed by atoms with Gasteiger partial charge in [-0.2, -0.15) is 5.26 Å². The number of hydrogen-bond donors (Lipinski definition) is 2. The molecule has 1 aromatic heterocycles. The molecule has 1 aliphatic rings. The number of guanidine groups is 1. The second-order valence-electron chi connectivity index (χ2n) is 5.35. The second-order valence-corrected chi connectivity index (χ2v) is 6.64. The van der Waals surface area contributed by atoms with E-state index in [9.17, 15) is 0 Å². The molecule has 0 amide bonds. The minimum Gasteiger partial charge on any atom is -0.357 e. The number of aryl methyl sites for hydroxylation is 2. The molecule has 2 atom stereocenters. The van der Waals surface area contributed by atoms with Gasteiger partial charge in [-0.3, -0.25) is 0 Å². The maximum Gasteiger partial charge on any atom is 0.191 e. The summed E-state index contributed by atoms with van der Waals surface area (Å²) < 4.78 is 0. The van der Waals surface area contributed by atoms with E-state index in [0.717, 1.165) is 42.5 Å². The predicted molar refractivity (Wildman–Crippen MR) is 102 cm³/mol. The largest absolute Gasteiger partial charge is 0.357 e. The topological polar surface area (TPSA) is 73.1 Å². The van der Waals surface area contributed by atoms with Crippen molar-refractivity contribution in [3.63, 3.8) is 0 Å². The third-order valence-corrected chi connectivity index (χ3v) is 4.79. The van der Waals surface area contributed by atoms with Crippen LogP contribution in [0.5, 0.6) is 0 Å². The first-order chi connectivity index (χ1) is 10.1. The normalized spacial score (nSPS) is 21.1. The highest BCUT2D eigenvalue weighted by molar-refractivity contribution is 14.0. The van der Waals surface area contributed by atoms with Crippen LogP contribution in [0.15, 0.2) is 4.99 Å². The van der Waals surface area contributed by atoms with E-state index in [1.807, 2.05) is 13.8 Å². The molecule has 2 N–H and O–H groups in total. The van der Waals surface area contributed by atoms with Gasteiger partial charge in [0.25, 0.3) is 0 Å². The Balaban J connectivity index is 0.00000242. The molecule has 1 saturated carbocycles. The van der Waals surface area contributed by atoms with Gasteiger partial charge < -0.3 is 10.6 Å². The van der Waals surface area contributed by atoms with Gasteiger partial charge >= 0.3 is 0 Å². The lowest BCUT2D eigenvalue weighted by molar-refractivity contribution is 0.532. The third-order valence-electron chi connectivity index (χ3n) is 3.73. The molecule has 2 rings (SSSR count). The molecule has 0 spiro atoms. The lowest BCUT2D eigenvalue weighted by atomic mass is 10.1. The summed E-state index contributed by atoms with van der Waals surface area (Å²) >= 11 is 1.70. The third kappa shape index (κ3) is 5.09. The molecule has 0 aromatic carbocycles. The lowest BCUT2D eigenvalue weighted by Gasteiger charge is -2.19. The number of nitriles is 1. The van der Waals surface area contributed by atoms with E-state index in [0.29, 0.717) is 6.54 Å². The fourth-order valence-corrected chi connectivity index (χ4v) is 3.52. The van der Waals surface area contributed by atoms with Crippen molar-refractivity contribution in [2.45, 2.75) is 52.6 Å². The van der Waals surface area contributed by atoms with E-state index < -0.39 is 0 Å². The average molecular weight is 433 g/mol. The summed E-state index contributed by atoms with van der Waals surface area (Å²) in [5.74, 6) is 0.899. The number of aliphatic imine (C=N–C) groups is 1. The second kappa shape index (κ2) is 9.30. The SMILES string of the molecule is CCNC(=NCc1sc(C)nc1C)NC1CCCC1C#N.I. The Hall–Kier alpha value is -0.880. The van der Waals surface area contributed by atoms with Gasteiger partial charge in [-0.25, -0.2) is 9.98 Å². The summed E-state index contributed by atoms with van der Waals surface area (Å²) in [6, 6.07) is 2.61. The fraction of sp³-hybridized carbons (Fsp3) is 0.667. The number of nitrogens with one attached hydrogen (secondary N) is 2. The van der Waals surface area contributed by atoms with Crippen molar-refractivity contribution < 1.29 is 0 Å². The summed E-state index contributed by atoms with van der Waals surface area (Å²) in [6.07, 6.45) is 3.14. The van der Waals surface area contributed by atoms with Crippen LogP contribution in [-0.4, -0.2) is 23.5 Å². The summed E-state index contributed by atoms with van der Waals surface area (Å²) in [6.45, 7) is 7.55. The monoisotopic (exact) mass is 433 g/mol. The van der Waals surface area contributed by atoms with Crippen LogP contribution in [-0.2, 0) is 6.54 Å². The molecule has 0 bridgehead atoms. The van der Waals surface area contributed by atoms with Gasteiger partial charge in [-0.1, -0.05) is 0 Å². The molecule has 0 radical (unpaired) electrons. The molecule has 22 heavy (non-hydrogen) atoms. The minimum atomic E-state index is 0. The zero-order valence-corrected chi connectivity index (χ0v) is 16.5. The molecule has 1 fully saturated rings. The molecule has 2 unspecified atom stereocenters. The van der Waals surface area contributed by atoms with Crippen molar-refractivity contribution in [2.24, 2.45) is 10.9 Å². The zero-order chi connectivity index (χ0) is 15.2. The van der Waals surface area contributed by atoms with E-state index in [1.165, 1.54) is 4.88 Å². The first-order valence-electron chi connectivity index (χ1n) is 7.51. The standard InChI is InChI=1S/C15H23N5S.HI/c1-4-17-15(20-13-7-5-6-12(13)8-16)18-9-14-10(2)19-11(3)21-14;/h12-13H,4-7,9H2,1-3H3,(H2,17,18,20);1H. The molecule has 122 valence electrons. The van der Waals surface area contributed by atoms with Gasteiger partial charge in [0.05, 0.1) is 29.2 Å². The Morgan fingerprint density at radius 1 is 1.45 bits per heavy atom. The Labute approximate surface area is 153 Å². The number of nitrogens with zero attached hydrogens (tertiary/aromatic N) is 3. The molecular formula is C15H24IN5S. The van der Waals surface area contributed by atoms with Crippen LogP contribution < -0.4 is 10.6 Å². The van der Waals surface area contributed by atoms with Gasteiger partial charge in [-0.05, 0) is 40.0 Å². The highest BCUT2D eigenvalue weighted by Crippen LogP contribution is 2.24. The number of aromatic nitrogens is 1. The summed E-state index contributed by atoms with van der Waals surface area (Å²) in [5, 5.41) is 16.9. The number of halogens is 1. The van der Waals surface area contributed by atoms with Gasteiger partial charge in [-0.15, -0.1) is 35.3 Å². The van der Waals surface area contributed by atoms with E-state index in [-0.39, 0.29) is 35.9 Å². The van der Waals surface area contributed by atoms with Crippen molar-refractivity contribution in [3.8, 4) is 6.07 Å². The summed E-state index contributed by atoms with van der Waals surface area (Å²) in [4.78, 5) is 10.3. The smallest absolute Gasteiger partial charge is 0.191 e. The molecule has 1 heterocycles. The van der Waals surface area contributed by atoms with Crippen molar-refractivity contribution in [2.75, 3.05) is 6.54 Å². The van der Waals surface area contributed by atoms with Gasteiger partial charge in [0.1, 0.15) is 0 Å². The van der Waals surface area contributed by atoms with Crippen LogP contribution in [0.4, 0.5) is 0 Å².